The van der Waals surface area contributed by atoms with Gasteiger partial charge >= 0.3 is 12.1 Å². The Bertz CT molecular complexity index is 1090. The van der Waals surface area contributed by atoms with Crippen LogP contribution in [0.3, 0.4) is 0 Å². The molecule has 0 bridgehead atoms. The molecule has 0 radical (unpaired) electrons. The number of nitrogens with one attached hydrogen (secondary N) is 1. The maximum atomic E-state index is 13.2. The fraction of sp³-hybridized carbons (Fsp3) is 0.778. The van der Waals surface area contributed by atoms with Gasteiger partial charge in [-0.2, -0.15) is 0 Å². The van der Waals surface area contributed by atoms with Crippen LogP contribution in [0.2, 0.25) is 0 Å². The van der Waals surface area contributed by atoms with Gasteiger partial charge in [0.25, 0.3) is 0 Å². The van der Waals surface area contributed by atoms with Crippen molar-refractivity contribution in [2.24, 2.45) is 17.8 Å². The highest BCUT2D eigenvalue weighted by Crippen LogP contribution is 2.37. The van der Waals surface area contributed by atoms with E-state index in [4.69, 9.17) is 14.2 Å². The third-order valence-electron chi connectivity index (χ3n) is 9.85. The summed E-state index contributed by atoms with van der Waals surface area (Å²) in [5.41, 5.74) is -0.356. The maximum absolute atomic E-state index is 13.2. The number of hydrogen-bond donors (Lipinski definition) is 4. The number of epoxide rings is 1. The second kappa shape index (κ2) is 18.5. The van der Waals surface area contributed by atoms with E-state index in [2.05, 4.69) is 10.2 Å². The number of ether oxygens (including phenoxy) is 3. The SMILES string of the molecule is CC[C@H](O)[C@@H](C)[C@H]1O[C@@H]1C[C@@](C)(O)/C=C/C=C(\C)[C@H]1OC(=O)C[C@H](O)CC[C@H](C)[C@@H](OC(=O)N2CCN(CCNC)CC2)/C=C/[C@@H]1C. The van der Waals surface area contributed by atoms with Gasteiger partial charge in [-0.05, 0) is 57.7 Å². The summed E-state index contributed by atoms with van der Waals surface area (Å²) < 4.78 is 17.7. The molecule has 4 N–H and O–H groups in total. The standard InChI is InChI=1S/C36H61N3O8/c1-8-29(41)27(5)34-31(45-34)23-36(6,44)15-9-10-25(3)33-26(4)12-14-30(24(2)11-13-28(40)22-32(42)47-33)46-35(43)39-20-18-38(19-21-39)17-16-37-7/h9-10,12,14-15,24,26-31,33-34,37,40-41,44H,8,11,13,16-23H2,1-7H3/b14-12+,15-9+,25-10+/t24-,26-,27+,28+,29-,30-,31+,33+,34+,36-/m0/s1. The second-order valence-electron chi connectivity index (χ2n) is 14.2. The van der Waals surface area contributed by atoms with E-state index < -0.39 is 36.0 Å². The molecule has 2 saturated heterocycles. The van der Waals surface area contributed by atoms with Crippen molar-refractivity contribution in [3.8, 4) is 0 Å². The first-order valence-electron chi connectivity index (χ1n) is 17.5. The van der Waals surface area contributed by atoms with Crippen molar-refractivity contribution in [1.29, 1.82) is 0 Å². The van der Waals surface area contributed by atoms with Crippen LogP contribution in [0, 0.1) is 17.8 Å². The van der Waals surface area contributed by atoms with Crippen LogP contribution in [0.25, 0.3) is 0 Å². The fourth-order valence-electron chi connectivity index (χ4n) is 6.42. The number of cyclic esters (lactones) is 1. The molecule has 10 atom stereocenters. The first kappa shape index (κ1) is 39.2. The average Bonchev–Trinajstić information content (AvgIpc) is 3.79. The molecule has 0 saturated carbocycles. The third kappa shape index (κ3) is 12.6. The van der Waals surface area contributed by atoms with E-state index in [1.807, 2.05) is 59.9 Å². The van der Waals surface area contributed by atoms with Gasteiger partial charge in [-0.3, -0.25) is 9.69 Å². The molecule has 2 fully saturated rings. The largest absolute Gasteiger partial charge is 0.457 e. The predicted molar refractivity (Wildman–Crippen MR) is 182 cm³/mol. The lowest BCUT2D eigenvalue weighted by molar-refractivity contribution is -0.151. The number of carbonyl (C=O) groups excluding carboxylic acids is 2. The number of nitrogens with zero attached hydrogens (tertiary/aromatic N) is 2. The van der Waals surface area contributed by atoms with Gasteiger partial charge in [0.2, 0.25) is 0 Å². The molecule has 3 rings (SSSR count). The Balaban J connectivity index is 1.68. The van der Waals surface area contributed by atoms with Crippen LogP contribution in [-0.2, 0) is 19.0 Å². The van der Waals surface area contributed by atoms with Crippen molar-refractivity contribution in [3.05, 3.63) is 36.0 Å². The maximum Gasteiger partial charge on any atom is 0.410 e. The summed E-state index contributed by atoms with van der Waals surface area (Å²) in [7, 11) is 1.93. The lowest BCUT2D eigenvalue weighted by atomic mass is 9.91. The van der Waals surface area contributed by atoms with Gasteiger partial charge in [-0.25, -0.2) is 4.79 Å². The zero-order valence-corrected chi connectivity index (χ0v) is 29.6. The minimum absolute atomic E-state index is 0.00544. The normalized spacial score (nSPS) is 33.2. The molecule has 0 aromatic rings. The minimum atomic E-state index is -1.13. The van der Waals surface area contributed by atoms with Gasteiger partial charge in [0, 0.05) is 57.5 Å². The van der Waals surface area contributed by atoms with Crippen LogP contribution in [0.5, 0.6) is 0 Å². The fourth-order valence-corrected chi connectivity index (χ4v) is 6.42. The Morgan fingerprint density at radius 2 is 1.91 bits per heavy atom. The number of esters is 1. The minimum Gasteiger partial charge on any atom is -0.457 e. The number of aliphatic hydroxyl groups excluding tert-OH is 2. The molecule has 3 aliphatic heterocycles. The summed E-state index contributed by atoms with van der Waals surface area (Å²) in [6.45, 7) is 16.1. The Labute approximate surface area is 282 Å². The van der Waals surface area contributed by atoms with Crippen molar-refractivity contribution in [2.45, 2.75) is 116 Å². The predicted octanol–water partition coefficient (Wildman–Crippen LogP) is 3.43. The summed E-state index contributed by atoms with van der Waals surface area (Å²) in [5.74, 6) is -0.785. The molecule has 47 heavy (non-hydrogen) atoms. The first-order chi connectivity index (χ1) is 22.2. The number of aliphatic hydroxyl groups is 3. The highest BCUT2D eigenvalue weighted by Gasteiger charge is 2.47. The lowest BCUT2D eigenvalue weighted by Gasteiger charge is -2.35. The Kier molecular flexibility index (Phi) is 15.4. The van der Waals surface area contributed by atoms with E-state index in [1.54, 1.807) is 24.0 Å². The molecule has 0 aromatic carbocycles. The molecule has 0 aliphatic carbocycles. The van der Waals surface area contributed by atoms with E-state index in [0.717, 1.165) is 31.8 Å². The summed E-state index contributed by atoms with van der Waals surface area (Å²) in [5, 5.41) is 34.9. The number of likely N-dealkylation sites (N-methyl/N-ethyl adjacent to an activating group) is 1. The average molecular weight is 664 g/mol. The molecule has 0 aromatic heterocycles. The van der Waals surface area contributed by atoms with Gasteiger partial charge in [0.15, 0.2) is 0 Å². The van der Waals surface area contributed by atoms with Gasteiger partial charge in [0.05, 0.1) is 36.4 Å². The van der Waals surface area contributed by atoms with Crippen LogP contribution < -0.4 is 5.32 Å². The number of allylic oxidation sites excluding steroid dienone is 2. The van der Waals surface area contributed by atoms with Crippen molar-refractivity contribution in [1.82, 2.24) is 15.1 Å². The molecule has 0 unspecified atom stereocenters. The van der Waals surface area contributed by atoms with Crippen molar-refractivity contribution in [3.63, 3.8) is 0 Å². The van der Waals surface area contributed by atoms with Crippen LogP contribution in [0.15, 0.2) is 36.0 Å². The highest BCUT2D eigenvalue weighted by molar-refractivity contribution is 5.70. The topological polar surface area (TPSA) is 144 Å². The number of piperazine rings is 1. The highest BCUT2D eigenvalue weighted by atomic mass is 16.6. The van der Waals surface area contributed by atoms with Crippen LogP contribution in [0.1, 0.15) is 73.6 Å². The van der Waals surface area contributed by atoms with E-state index in [1.165, 1.54) is 0 Å². The van der Waals surface area contributed by atoms with Gasteiger partial charge in [0.1, 0.15) is 12.2 Å². The molecule has 268 valence electrons. The van der Waals surface area contributed by atoms with E-state index in [9.17, 15) is 24.9 Å². The number of amides is 1. The van der Waals surface area contributed by atoms with Gasteiger partial charge in [-0.1, -0.05) is 52.0 Å². The molecule has 1 amide bonds. The lowest BCUT2D eigenvalue weighted by Crippen LogP contribution is -2.50. The molecule has 3 aliphatic rings. The molecular formula is C36H61N3O8. The zero-order chi connectivity index (χ0) is 34.7. The van der Waals surface area contributed by atoms with Crippen LogP contribution >= 0.6 is 0 Å². The van der Waals surface area contributed by atoms with E-state index in [0.29, 0.717) is 38.8 Å². The molecular weight excluding hydrogens is 602 g/mol. The number of rotatable bonds is 12. The molecule has 11 nitrogen and oxygen atoms in total. The third-order valence-corrected chi connectivity index (χ3v) is 9.85. The molecule has 11 heteroatoms. The summed E-state index contributed by atoms with van der Waals surface area (Å²) in [6, 6.07) is 0. The molecule has 3 heterocycles. The van der Waals surface area contributed by atoms with Gasteiger partial charge < -0.3 is 39.7 Å². The second-order valence-corrected chi connectivity index (χ2v) is 14.2. The molecule has 0 spiro atoms. The van der Waals surface area contributed by atoms with Crippen molar-refractivity contribution >= 4 is 12.1 Å². The van der Waals surface area contributed by atoms with E-state index in [-0.39, 0.29) is 42.5 Å². The van der Waals surface area contributed by atoms with Gasteiger partial charge in [-0.15, -0.1) is 0 Å². The van der Waals surface area contributed by atoms with Crippen LogP contribution in [-0.4, -0.2) is 126 Å². The van der Waals surface area contributed by atoms with Crippen molar-refractivity contribution < 1.29 is 39.1 Å². The summed E-state index contributed by atoms with van der Waals surface area (Å²) >= 11 is 0. The smallest absolute Gasteiger partial charge is 0.410 e. The summed E-state index contributed by atoms with van der Waals surface area (Å²) in [6.07, 6.45) is 8.11. The summed E-state index contributed by atoms with van der Waals surface area (Å²) in [4.78, 5) is 30.1. The quantitative estimate of drug-likeness (QED) is 0.106. The van der Waals surface area contributed by atoms with Crippen molar-refractivity contribution in [2.75, 3.05) is 46.3 Å². The number of hydrogen-bond acceptors (Lipinski definition) is 10. The Morgan fingerprint density at radius 1 is 1.21 bits per heavy atom. The monoisotopic (exact) mass is 663 g/mol. The Hall–Kier alpha value is -2.28. The Morgan fingerprint density at radius 3 is 2.57 bits per heavy atom. The van der Waals surface area contributed by atoms with E-state index >= 15 is 0 Å². The zero-order valence-electron chi connectivity index (χ0n) is 29.6. The number of carbonyl (C=O) groups is 2. The first-order valence-corrected chi connectivity index (χ1v) is 17.5. The van der Waals surface area contributed by atoms with Crippen LogP contribution in [0.4, 0.5) is 4.79 Å².